The van der Waals surface area contributed by atoms with E-state index in [-0.39, 0.29) is 25.9 Å². The molecule has 6 heteroatoms. The number of rotatable bonds is 1. The van der Waals surface area contributed by atoms with Crippen LogP contribution in [0.15, 0.2) is 36.4 Å². The number of anilines is 1. The van der Waals surface area contributed by atoms with Gasteiger partial charge in [0.1, 0.15) is 19.1 Å². The van der Waals surface area contributed by atoms with Crippen LogP contribution in [0.2, 0.25) is 0 Å². The molecular formula is C18H15NO5. The van der Waals surface area contributed by atoms with Gasteiger partial charge < -0.3 is 19.3 Å². The van der Waals surface area contributed by atoms with Crippen LogP contribution in [0.25, 0.3) is 0 Å². The van der Waals surface area contributed by atoms with E-state index in [4.69, 9.17) is 14.2 Å². The topological polar surface area (TPSA) is 68.2 Å². The molecule has 1 amide bonds. The van der Waals surface area contributed by atoms with Crippen molar-refractivity contribution < 1.29 is 24.1 Å². The molecule has 3 aliphatic rings. The minimum atomic E-state index is -0.560. The molecule has 6 nitrogen and oxygen atoms in total. The number of benzene rings is 2. The number of aliphatic hydroxyl groups excluding tert-OH is 1. The Bertz CT molecular complexity index is 864. The van der Waals surface area contributed by atoms with Gasteiger partial charge in [-0.3, -0.25) is 9.69 Å². The van der Waals surface area contributed by atoms with Gasteiger partial charge in [-0.15, -0.1) is 0 Å². The van der Waals surface area contributed by atoms with Crippen LogP contribution < -0.4 is 19.1 Å². The molecule has 1 spiro atoms. The third kappa shape index (κ3) is 1.61. The van der Waals surface area contributed by atoms with Gasteiger partial charge in [-0.1, -0.05) is 18.2 Å². The zero-order chi connectivity index (χ0) is 16.3. The maximum atomic E-state index is 12.6. The molecular weight excluding hydrogens is 310 g/mol. The third-order valence-corrected chi connectivity index (χ3v) is 5.07. The lowest BCUT2D eigenvalue weighted by Crippen LogP contribution is -2.46. The molecule has 3 heterocycles. The van der Waals surface area contributed by atoms with E-state index in [1.165, 1.54) is 4.90 Å². The molecule has 1 N–H and O–H groups in total. The first-order chi connectivity index (χ1) is 11.7. The van der Waals surface area contributed by atoms with E-state index in [0.717, 1.165) is 22.6 Å². The predicted octanol–water partition coefficient (Wildman–Crippen LogP) is 1.78. The van der Waals surface area contributed by atoms with Crippen molar-refractivity contribution in [3.63, 3.8) is 0 Å². The SMILES string of the molecule is O=C1CC2(COc3cc4c(cc32)OCO4)c2ccccc2N1CO. The van der Waals surface area contributed by atoms with E-state index in [9.17, 15) is 9.90 Å². The van der Waals surface area contributed by atoms with Gasteiger partial charge in [0.2, 0.25) is 12.7 Å². The van der Waals surface area contributed by atoms with Gasteiger partial charge in [0.25, 0.3) is 0 Å². The number of para-hydroxylation sites is 1. The smallest absolute Gasteiger partial charge is 0.231 e. The first-order valence-corrected chi connectivity index (χ1v) is 7.80. The highest BCUT2D eigenvalue weighted by Gasteiger charge is 2.50. The Labute approximate surface area is 138 Å². The molecule has 2 aromatic rings. The van der Waals surface area contributed by atoms with Crippen LogP contribution in [0.4, 0.5) is 5.69 Å². The van der Waals surface area contributed by atoms with Crippen molar-refractivity contribution in [2.75, 3.05) is 25.0 Å². The van der Waals surface area contributed by atoms with E-state index in [1.54, 1.807) is 0 Å². The van der Waals surface area contributed by atoms with E-state index in [2.05, 4.69) is 0 Å². The summed E-state index contributed by atoms with van der Waals surface area (Å²) in [6.07, 6.45) is 0.247. The van der Waals surface area contributed by atoms with Gasteiger partial charge in [0, 0.05) is 18.1 Å². The summed E-state index contributed by atoms with van der Waals surface area (Å²) in [4.78, 5) is 14.1. The molecule has 3 aliphatic heterocycles. The number of nitrogens with zero attached hydrogens (tertiary/aromatic N) is 1. The van der Waals surface area contributed by atoms with Crippen molar-refractivity contribution in [2.45, 2.75) is 11.8 Å². The van der Waals surface area contributed by atoms with Crippen LogP contribution in [0.1, 0.15) is 17.5 Å². The summed E-state index contributed by atoms with van der Waals surface area (Å²) in [6, 6.07) is 11.4. The number of carbonyl (C=O) groups is 1. The fraction of sp³-hybridized carbons (Fsp3) is 0.278. The van der Waals surface area contributed by atoms with Crippen LogP contribution >= 0.6 is 0 Å². The Morgan fingerprint density at radius 1 is 1.04 bits per heavy atom. The zero-order valence-electron chi connectivity index (χ0n) is 12.8. The minimum Gasteiger partial charge on any atom is -0.492 e. The standard InChI is InChI=1S/C18H15NO5/c20-9-19-13-4-2-1-3-11(13)18(7-17(19)21)8-22-14-6-16-15(5-12(14)18)23-10-24-16/h1-6,20H,7-10H2. The van der Waals surface area contributed by atoms with E-state index in [1.807, 2.05) is 36.4 Å². The van der Waals surface area contributed by atoms with Gasteiger partial charge in [0.15, 0.2) is 11.5 Å². The molecule has 5 rings (SSSR count). The fourth-order valence-electron chi connectivity index (χ4n) is 3.92. The Hall–Kier alpha value is -2.73. The summed E-state index contributed by atoms with van der Waals surface area (Å²) in [7, 11) is 0. The number of hydrogen-bond acceptors (Lipinski definition) is 5. The third-order valence-electron chi connectivity index (χ3n) is 5.07. The summed E-state index contributed by atoms with van der Waals surface area (Å²) in [5.41, 5.74) is 2.09. The Kier molecular flexibility index (Phi) is 2.65. The summed E-state index contributed by atoms with van der Waals surface area (Å²) in [5, 5.41) is 9.60. The van der Waals surface area contributed by atoms with Gasteiger partial charge >= 0.3 is 0 Å². The largest absolute Gasteiger partial charge is 0.492 e. The highest BCUT2D eigenvalue weighted by atomic mass is 16.7. The fourth-order valence-corrected chi connectivity index (χ4v) is 3.92. The van der Waals surface area contributed by atoms with E-state index in [0.29, 0.717) is 18.1 Å². The number of carbonyl (C=O) groups excluding carboxylic acids is 1. The second-order valence-corrected chi connectivity index (χ2v) is 6.23. The lowest BCUT2D eigenvalue weighted by molar-refractivity contribution is -0.121. The number of amides is 1. The zero-order valence-corrected chi connectivity index (χ0v) is 12.8. The van der Waals surface area contributed by atoms with Crippen molar-refractivity contribution in [1.82, 2.24) is 0 Å². The molecule has 1 unspecified atom stereocenters. The van der Waals surface area contributed by atoms with Crippen LogP contribution in [0.5, 0.6) is 17.2 Å². The van der Waals surface area contributed by atoms with Gasteiger partial charge in [0.05, 0.1) is 11.1 Å². The van der Waals surface area contributed by atoms with Crippen LogP contribution in [-0.4, -0.2) is 31.1 Å². The number of fused-ring (bicyclic) bond motifs is 5. The maximum Gasteiger partial charge on any atom is 0.231 e. The molecule has 1 atom stereocenters. The number of hydrogen-bond donors (Lipinski definition) is 1. The molecule has 0 aromatic heterocycles. The number of ether oxygens (including phenoxy) is 3. The summed E-state index contributed by atoms with van der Waals surface area (Å²) in [6.45, 7) is 0.243. The van der Waals surface area contributed by atoms with Gasteiger partial charge in [-0.05, 0) is 17.7 Å². The first kappa shape index (κ1) is 13.7. The highest BCUT2D eigenvalue weighted by molar-refractivity contribution is 5.99. The highest BCUT2D eigenvalue weighted by Crippen LogP contribution is 2.54. The molecule has 0 saturated carbocycles. The molecule has 0 fully saturated rings. The van der Waals surface area contributed by atoms with Crippen molar-refractivity contribution in [3.8, 4) is 17.2 Å². The summed E-state index contributed by atoms with van der Waals surface area (Å²) < 4.78 is 16.8. The Morgan fingerprint density at radius 3 is 2.67 bits per heavy atom. The molecule has 0 bridgehead atoms. The van der Waals surface area contributed by atoms with Crippen LogP contribution in [-0.2, 0) is 10.2 Å². The van der Waals surface area contributed by atoms with Crippen molar-refractivity contribution >= 4 is 11.6 Å². The van der Waals surface area contributed by atoms with E-state index >= 15 is 0 Å². The summed E-state index contributed by atoms with van der Waals surface area (Å²) >= 11 is 0. The average molecular weight is 325 g/mol. The maximum absolute atomic E-state index is 12.6. The van der Waals surface area contributed by atoms with Crippen molar-refractivity contribution in [3.05, 3.63) is 47.5 Å². The Balaban J connectivity index is 1.75. The lowest BCUT2D eigenvalue weighted by atomic mass is 9.70. The summed E-state index contributed by atoms with van der Waals surface area (Å²) in [5.74, 6) is 1.94. The predicted molar refractivity (Wildman–Crippen MR) is 84.5 cm³/mol. The average Bonchev–Trinajstić information content (AvgIpc) is 3.19. The van der Waals surface area contributed by atoms with Crippen LogP contribution in [0, 0.1) is 0 Å². The van der Waals surface area contributed by atoms with Gasteiger partial charge in [-0.2, -0.15) is 0 Å². The molecule has 0 radical (unpaired) electrons. The van der Waals surface area contributed by atoms with Crippen molar-refractivity contribution in [1.29, 1.82) is 0 Å². The monoisotopic (exact) mass is 325 g/mol. The first-order valence-electron chi connectivity index (χ1n) is 7.80. The molecule has 2 aromatic carbocycles. The molecule has 122 valence electrons. The van der Waals surface area contributed by atoms with Crippen LogP contribution in [0.3, 0.4) is 0 Å². The second-order valence-electron chi connectivity index (χ2n) is 6.23. The normalized spacial score (nSPS) is 23.2. The minimum absolute atomic E-state index is 0.120. The van der Waals surface area contributed by atoms with E-state index < -0.39 is 5.41 Å². The second kappa shape index (κ2) is 4.64. The molecule has 24 heavy (non-hydrogen) atoms. The Morgan fingerprint density at radius 2 is 1.83 bits per heavy atom. The lowest BCUT2D eigenvalue weighted by Gasteiger charge is -2.39. The van der Waals surface area contributed by atoms with Gasteiger partial charge in [-0.25, -0.2) is 0 Å². The quantitative estimate of drug-likeness (QED) is 0.866. The molecule has 0 saturated heterocycles. The van der Waals surface area contributed by atoms with Crippen molar-refractivity contribution in [2.24, 2.45) is 0 Å². The molecule has 0 aliphatic carbocycles. The number of aliphatic hydroxyl groups is 1.